The number of carbonyl (C=O) groups excluding carboxylic acids is 2. The summed E-state index contributed by atoms with van der Waals surface area (Å²) in [5.74, 6) is -2.73. The summed E-state index contributed by atoms with van der Waals surface area (Å²) in [6.07, 6.45) is -12.5. The number of aromatic nitrogens is 4. The number of methoxy groups -OCH3 is 1. The number of hydrogen-bond donors (Lipinski definition) is 1. The Kier molecular flexibility index (Phi) is 11.7. The van der Waals surface area contributed by atoms with E-state index in [1.165, 1.54) is 19.2 Å². The lowest BCUT2D eigenvalue weighted by Crippen LogP contribution is -2.65. The lowest BCUT2D eigenvalue weighted by Gasteiger charge is -2.45. The molecule has 1 saturated carbocycles. The Bertz CT molecular complexity index is 1580. The zero-order valence-electron chi connectivity index (χ0n) is 26.4. The quantitative estimate of drug-likeness (QED) is 0.137. The molecule has 1 aliphatic rings. The van der Waals surface area contributed by atoms with Gasteiger partial charge in [0.25, 0.3) is 0 Å². The Balaban J connectivity index is 1.53. The topological polar surface area (TPSA) is 117 Å². The lowest BCUT2D eigenvalue weighted by molar-refractivity contribution is -0.217. The second-order valence-corrected chi connectivity index (χ2v) is 12.0. The van der Waals surface area contributed by atoms with Crippen LogP contribution in [0.2, 0.25) is 0 Å². The highest BCUT2D eigenvalue weighted by Gasteiger charge is 2.61. The summed E-state index contributed by atoms with van der Waals surface area (Å²) in [5.41, 5.74) is -2.38. The first-order valence-electron chi connectivity index (χ1n) is 15.4. The van der Waals surface area contributed by atoms with Crippen LogP contribution in [-0.2, 0) is 22.6 Å². The van der Waals surface area contributed by atoms with Gasteiger partial charge in [-0.2, -0.15) is 35.7 Å². The molecule has 10 nitrogen and oxygen atoms in total. The van der Waals surface area contributed by atoms with Crippen molar-refractivity contribution in [3.05, 3.63) is 75.7 Å². The predicted molar refractivity (Wildman–Crippen MR) is 160 cm³/mol. The summed E-state index contributed by atoms with van der Waals surface area (Å²) in [4.78, 5) is 39.6. The summed E-state index contributed by atoms with van der Waals surface area (Å²) in [7, 11) is 1.49. The van der Waals surface area contributed by atoms with E-state index in [1.807, 2.05) is 0 Å². The molecule has 0 saturated heterocycles. The average molecular weight is 686 g/mol. The van der Waals surface area contributed by atoms with Crippen molar-refractivity contribution in [1.82, 2.24) is 25.1 Å². The van der Waals surface area contributed by atoms with Gasteiger partial charge >= 0.3 is 18.0 Å². The maximum absolute atomic E-state index is 15.2. The first-order chi connectivity index (χ1) is 22.6. The highest BCUT2D eigenvalue weighted by Crippen LogP contribution is 2.46. The molecular formula is C32H37F6N5O5. The van der Waals surface area contributed by atoms with Crippen molar-refractivity contribution in [2.24, 2.45) is 5.92 Å². The lowest BCUT2D eigenvalue weighted by atomic mass is 9.70. The highest BCUT2D eigenvalue weighted by molar-refractivity contribution is 5.97. The predicted octanol–water partition coefficient (Wildman–Crippen LogP) is 5.41. The van der Waals surface area contributed by atoms with Crippen LogP contribution in [0.5, 0.6) is 5.75 Å². The van der Waals surface area contributed by atoms with Crippen LogP contribution < -0.4 is 15.7 Å². The number of aryl methyl sites for hydroxylation is 1. The molecule has 16 heteroatoms. The van der Waals surface area contributed by atoms with Crippen LogP contribution >= 0.6 is 0 Å². The fourth-order valence-corrected chi connectivity index (χ4v) is 5.87. The monoisotopic (exact) mass is 685 g/mol. The van der Waals surface area contributed by atoms with Gasteiger partial charge in [0, 0.05) is 25.0 Å². The van der Waals surface area contributed by atoms with Crippen LogP contribution in [0.15, 0.2) is 53.3 Å². The van der Waals surface area contributed by atoms with Gasteiger partial charge in [-0.05, 0) is 73.1 Å². The second-order valence-electron chi connectivity index (χ2n) is 12.0. The first kappa shape index (κ1) is 36.6. The van der Waals surface area contributed by atoms with E-state index in [9.17, 15) is 27.6 Å². The summed E-state index contributed by atoms with van der Waals surface area (Å²) in [6.45, 7) is 0.641. The van der Waals surface area contributed by atoms with Crippen molar-refractivity contribution in [2.75, 3.05) is 13.7 Å². The second kappa shape index (κ2) is 15.3. The Morgan fingerprint density at radius 3 is 2.12 bits per heavy atom. The van der Waals surface area contributed by atoms with Crippen LogP contribution in [0.1, 0.15) is 66.4 Å². The van der Waals surface area contributed by atoms with E-state index >= 15 is 13.2 Å². The van der Waals surface area contributed by atoms with E-state index < -0.39 is 66.7 Å². The number of alkyl halides is 6. The molecule has 0 unspecified atom stereocenters. The van der Waals surface area contributed by atoms with E-state index in [2.05, 4.69) is 15.7 Å². The normalized spacial score (nSPS) is 18.2. The Labute approximate surface area is 272 Å². The Morgan fingerprint density at radius 1 is 0.917 bits per heavy atom. The first-order valence-corrected chi connectivity index (χ1v) is 15.4. The number of rotatable bonds is 14. The smallest absolute Gasteiger partial charge is 0.412 e. The molecule has 1 fully saturated rings. The van der Waals surface area contributed by atoms with Crippen molar-refractivity contribution in [2.45, 2.75) is 89.0 Å². The largest absolute Gasteiger partial charge is 0.497 e. The molecule has 0 bridgehead atoms. The van der Waals surface area contributed by atoms with Gasteiger partial charge in [0.15, 0.2) is 5.78 Å². The van der Waals surface area contributed by atoms with Gasteiger partial charge in [0.1, 0.15) is 17.8 Å². The summed E-state index contributed by atoms with van der Waals surface area (Å²) < 4.78 is 95.3. The van der Waals surface area contributed by atoms with Gasteiger partial charge in [-0.1, -0.05) is 42.0 Å². The number of amides is 1. The molecule has 262 valence electrons. The molecule has 3 aromatic rings. The van der Waals surface area contributed by atoms with E-state index in [1.54, 1.807) is 43.3 Å². The van der Waals surface area contributed by atoms with Gasteiger partial charge in [0.05, 0.1) is 19.8 Å². The molecule has 48 heavy (non-hydrogen) atoms. The van der Waals surface area contributed by atoms with Crippen LogP contribution in [0.4, 0.5) is 26.3 Å². The molecule has 0 radical (unpaired) electrons. The minimum atomic E-state index is -5.11. The number of carbonyl (C=O) groups is 2. The zero-order chi connectivity index (χ0) is 35.1. The van der Waals surface area contributed by atoms with Gasteiger partial charge in [-0.25, -0.2) is 4.79 Å². The molecular weight excluding hydrogens is 648 g/mol. The molecule has 1 aliphatic carbocycles. The molecule has 4 rings (SSSR count). The third-order valence-electron chi connectivity index (χ3n) is 8.49. The van der Waals surface area contributed by atoms with Crippen molar-refractivity contribution >= 4 is 11.7 Å². The maximum atomic E-state index is 15.2. The molecule has 1 atom stereocenters. The van der Waals surface area contributed by atoms with Gasteiger partial charge in [0.2, 0.25) is 5.91 Å². The minimum absolute atomic E-state index is 0.0243. The fourth-order valence-electron chi connectivity index (χ4n) is 5.87. The Morgan fingerprint density at radius 2 is 1.54 bits per heavy atom. The van der Waals surface area contributed by atoms with Crippen molar-refractivity contribution in [1.29, 1.82) is 0 Å². The van der Waals surface area contributed by atoms with Crippen LogP contribution in [-0.4, -0.2) is 69.2 Å². The van der Waals surface area contributed by atoms with Gasteiger partial charge in [-0.15, -0.1) is 0 Å². The van der Waals surface area contributed by atoms with Crippen molar-refractivity contribution in [3.63, 3.8) is 0 Å². The SMILES string of the molecule is COc1ccc(Cn2nnn(CC(=O)N[C@@](CC(=O)c3ccc(C)cc3)(C3CCC(OCCCC(F)(F)F)CC3)C(F)(F)F)c2=O)cc1. The fraction of sp³-hybridized carbons (Fsp3) is 0.531. The van der Waals surface area contributed by atoms with Crippen molar-refractivity contribution in [3.8, 4) is 5.75 Å². The van der Waals surface area contributed by atoms with Crippen molar-refractivity contribution < 1.29 is 45.4 Å². The molecule has 0 spiro atoms. The molecule has 1 heterocycles. The highest BCUT2D eigenvalue weighted by atomic mass is 19.4. The summed E-state index contributed by atoms with van der Waals surface area (Å²) in [6, 6.07) is 12.7. The zero-order valence-corrected chi connectivity index (χ0v) is 26.4. The number of hydrogen-bond acceptors (Lipinski definition) is 7. The van der Waals surface area contributed by atoms with E-state index in [0.717, 1.165) is 10.2 Å². The maximum Gasteiger partial charge on any atom is 0.412 e. The van der Waals surface area contributed by atoms with E-state index in [-0.39, 0.29) is 50.8 Å². The average Bonchev–Trinajstić information content (AvgIpc) is 3.36. The number of benzene rings is 2. The molecule has 1 N–H and O–H groups in total. The van der Waals surface area contributed by atoms with Crippen LogP contribution in [0.3, 0.4) is 0 Å². The molecule has 1 amide bonds. The number of ketones is 1. The molecule has 2 aromatic carbocycles. The number of halogens is 6. The van der Waals surface area contributed by atoms with Crippen LogP contribution in [0.25, 0.3) is 0 Å². The number of nitrogens with zero attached hydrogens (tertiary/aromatic N) is 4. The van der Waals surface area contributed by atoms with Crippen LogP contribution in [0, 0.1) is 12.8 Å². The summed E-state index contributed by atoms with van der Waals surface area (Å²) >= 11 is 0. The Hall–Kier alpha value is -4.21. The number of nitrogens with one attached hydrogen (secondary N) is 1. The third kappa shape index (κ3) is 9.45. The van der Waals surface area contributed by atoms with E-state index in [0.29, 0.717) is 16.0 Å². The number of tetrazole rings is 1. The van der Waals surface area contributed by atoms with Gasteiger partial charge < -0.3 is 14.8 Å². The number of ether oxygens (including phenoxy) is 2. The van der Waals surface area contributed by atoms with E-state index in [4.69, 9.17) is 9.47 Å². The van der Waals surface area contributed by atoms with Gasteiger partial charge in [-0.3, -0.25) is 9.59 Å². The minimum Gasteiger partial charge on any atom is -0.497 e. The molecule has 0 aliphatic heterocycles. The summed E-state index contributed by atoms with van der Waals surface area (Å²) in [5, 5.41) is 9.49. The number of Topliss-reactive ketones (excluding diaryl/α,β-unsaturated/α-hetero) is 1. The standard InChI is InChI=1S/C32H37F6N5O5/c1-21-4-8-23(9-5-21)27(44)18-30(32(36,37)38,24-10-14-26(15-11-24)48-17-3-16-31(33,34)35)39-28(45)20-43-29(46)42(40-41-43)19-22-6-12-25(47-2)13-7-22/h4-9,12-13,24,26H,3,10-11,14-20H2,1-2H3,(H,39,45)/t24?,26?,30-/m0/s1. The third-order valence-corrected chi connectivity index (χ3v) is 8.49. The molecule has 1 aromatic heterocycles.